The van der Waals surface area contributed by atoms with Crippen LogP contribution in [0.2, 0.25) is 0 Å². The van der Waals surface area contributed by atoms with Gasteiger partial charge in [0.15, 0.2) is 0 Å². The number of hydrogen-bond donors (Lipinski definition) is 2. The van der Waals surface area contributed by atoms with E-state index in [9.17, 15) is 26.4 Å². The van der Waals surface area contributed by atoms with Crippen LogP contribution in [0.3, 0.4) is 0 Å². The Kier molecular flexibility index (Phi) is 7.06. The summed E-state index contributed by atoms with van der Waals surface area (Å²) in [7, 11) is -4.09. The Balaban J connectivity index is 2.09. The summed E-state index contributed by atoms with van der Waals surface area (Å²) >= 11 is 0. The number of carbonyl (C=O) groups is 1. The first-order valence-electron chi connectivity index (χ1n) is 8.72. The molecule has 9 heteroatoms. The maximum atomic E-state index is 12.8. The van der Waals surface area contributed by atoms with Crippen molar-refractivity contribution in [1.82, 2.24) is 5.32 Å². The van der Waals surface area contributed by atoms with Gasteiger partial charge in [0.2, 0.25) is 0 Å². The molecule has 28 heavy (non-hydrogen) atoms. The molecule has 2 aromatic carbocycles. The fourth-order valence-corrected chi connectivity index (χ4v) is 3.49. The van der Waals surface area contributed by atoms with Crippen molar-refractivity contribution >= 4 is 21.6 Å². The van der Waals surface area contributed by atoms with E-state index in [4.69, 9.17) is 0 Å². The minimum atomic E-state index is -4.58. The zero-order chi connectivity index (χ0) is 20.8. The molecule has 2 rings (SSSR count). The van der Waals surface area contributed by atoms with Gasteiger partial charge in [-0.3, -0.25) is 9.52 Å². The smallest absolute Gasteiger partial charge is 0.352 e. The Hall–Kier alpha value is -2.55. The number of benzene rings is 2. The fraction of sp³-hybridized carbons (Fsp3) is 0.316. The van der Waals surface area contributed by atoms with E-state index in [0.717, 1.165) is 37.5 Å². The van der Waals surface area contributed by atoms with Gasteiger partial charge in [-0.25, -0.2) is 8.42 Å². The number of carbonyl (C=O) groups excluding carboxylic acids is 1. The molecule has 0 saturated carbocycles. The molecular formula is C19H21F3N2O3S. The van der Waals surface area contributed by atoms with Crippen LogP contribution in [0, 0.1) is 0 Å². The number of nitrogens with one attached hydrogen (secondary N) is 2. The van der Waals surface area contributed by atoms with Gasteiger partial charge in [-0.15, -0.1) is 0 Å². The lowest BCUT2D eigenvalue weighted by molar-refractivity contribution is -0.137. The molecule has 2 N–H and O–H groups in total. The molecule has 0 saturated heterocycles. The van der Waals surface area contributed by atoms with Crippen molar-refractivity contribution in [1.29, 1.82) is 0 Å². The van der Waals surface area contributed by atoms with E-state index in [-0.39, 0.29) is 16.5 Å². The van der Waals surface area contributed by atoms with Crippen LogP contribution in [0.4, 0.5) is 18.9 Å². The Morgan fingerprint density at radius 3 is 2.32 bits per heavy atom. The molecule has 0 heterocycles. The summed E-state index contributed by atoms with van der Waals surface area (Å²) in [4.78, 5) is 11.8. The predicted octanol–water partition coefficient (Wildman–Crippen LogP) is 4.43. The van der Waals surface area contributed by atoms with Crippen molar-refractivity contribution in [3.63, 3.8) is 0 Å². The fourth-order valence-electron chi connectivity index (χ4n) is 2.44. The number of halogens is 3. The third-order valence-corrected chi connectivity index (χ3v) is 5.33. The van der Waals surface area contributed by atoms with E-state index in [0.29, 0.717) is 12.1 Å². The molecule has 0 atom stereocenters. The van der Waals surface area contributed by atoms with E-state index in [1.54, 1.807) is 0 Å². The van der Waals surface area contributed by atoms with Gasteiger partial charge in [-0.1, -0.05) is 25.8 Å². The highest BCUT2D eigenvalue weighted by Crippen LogP contribution is 2.31. The lowest BCUT2D eigenvalue weighted by Gasteiger charge is -2.11. The molecule has 5 nitrogen and oxygen atoms in total. The van der Waals surface area contributed by atoms with Crippen LogP contribution >= 0.6 is 0 Å². The Labute approximate surface area is 162 Å². The van der Waals surface area contributed by atoms with Gasteiger partial charge in [-0.2, -0.15) is 13.2 Å². The number of amides is 1. The summed E-state index contributed by atoms with van der Waals surface area (Å²) in [5.41, 5.74) is -0.857. The summed E-state index contributed by atoms with van der Waals surface area (Å²) in [6, 6.07) is 9.10. The van der Waals surface area contributed by atoms with Crippen molar-refractivity contribution in [2.75, 3.05) is 11.3 Å². The standard InChI is InChI=1S/C19H21F3N2O3S/c1-2-3-4-12-23-18(25)14-8-10-17(11-9-14)28(26,27)24-16-7-5-6-15(13-16)19(20,21)22/h5-11,13,24H,2-4,12H2,1H3,(H,23,25). The summed E-state index contributed by atoms with van der Waals surface area (Å²) in [5.74, 6) is -0.314. The average Bonchev–Trinajstić information content (AvgIpc) is 2.64. The van der Waals surface area contributed by atoms with Crippen molar-refractivity contribution in [2.24, 2.45) is 0 Å². The SMILES string of the molecule is CCCCCNC(=O)c1ccc(S(=O)(=O)Nc2cccc(C(F)(F)F)c2)cc1. The molecule has 0 unspecified atom stereocenters. The molecule has 0 aliphatic heterocycles. The molecule has 2 aromatic rings. The van der Waals surface area contributed by atoms with Gasteiger partial charge in [-0.05, 0) is 48.9 Å². The van der Waals surface area contributed by atoms with E-state index in [2.05, 4.69) is 10.0 Å². The Morgan fingerprint density at radius 2 is 1.71 bits per heavy atom. The Morgan fingerprint density at radius 1 is 1.04 bits per heavy atom. The molecular weight excluding hydrogens is 393 g/mol. The molecule has 0 fully saturated rings. The number of alkyl halides is 3. The van der Waals surface area contributed by atoms with E-state index < -0.39 is 21.8 Å². The molecule has 0 bridgehead atoms. The van der Waals surface area contributed by atoms with Crippen LogP contribution in [0.5, 0.6) is 0 Å². The van der Waals surface area contributed by atoms with Crippen LogP contribution in [0.1, 0.15) is 42.1 Å². The number of rotatable bonds is 8. The van der Waals surface area contributed by atoms with Crippen LogP contribution in [0.15, 0.2) is 53.4 Å². The lowest BCUT2D eigenvalue weighted by Crippen LogP contribution is -2.24. The summed E-state index contributed by atoms with van der Waals surface area (Å²) in [6.07, 6.45) is -1.69. The van der Waals surface area contributed by atoms with Gasteiger partial charge in [0.1, 0.15) is 0 Å². The van der Waals surface area contributed by atoms with E-state index in [1.807, 2.05) is 6.92 Å². The second-order valence-electron chi connectivity index (χ2n) is 6.17. The molecule has 0 aromatic heterocycles. The maximum absolute atomic E-state index is 12.8. The number of hydrogen-bond acceptors (Lipinski definition) is 3. The monoisotopic (exact) mass is 414 g/mol. The minimum Gasteiger partial charge on any atom is -0.352 e. The van der Waals surface area contributed by atoms with Crippen LogP contribution in [-0.4, -0.2) is 20.9 Å². The van der Waals surface area contributed by atoms with Crippen molar-refractivity contribution in [3.8, 4) is 0 Å². The Bertz CT molecular complexity index is 911. The van der Waals surface area contributed by atoms with Crippen molar-refractivity contribution in [3.05, 3.63) is 59.7 Å². The molecule has 0 aliphatic rings. The zero-order valence-electron chi connectivity index (χ0n) is 15.2. The van der Waals surface area contributed by atoms with Crippen LogP contribution < -0.4 is 10.0 Å². The normalized spacial score (nSPS) is 11.9. The minimum absolute atomic E-state index is 0.160. The summed E-state index contributed by atoms with van der Waals surface area (Å²) in [6.45, 7) is 2.58. The first-order chi connectivity index (χ1) is 13.1. The van der Waals surface area contributed by atoms with E-state index >= 15 is 0 Å². The topological polar surface area (TPSA) is 75.3 Å². The molecule has 0 spiro atoms. The van der Waals surface area contributed by atoms with Gasteiger partial charge in [0.05, 0.1) is 10.5 Å². The predicted molar refractivity (Wildman–Crippen MR) is 101 cm³/mol. The second kappa shape index (κ2) is 9.09. The third kappa shape index (κ3) is 5.98. The molecule has 0 radical (unpaired) electrons. The second-order valence-corrected chi connectivity index (χ2v) is 7.85. The van der Waals surface area contributed by atoms with E-state index in [1.165, 1.54) is 30.3 Å². The summed E-state index contributed by atoms with van der Waals surface area (Å²) in [5, 5.41) is 2.74. The summed E-state index contributed by atoms with van der Waals surface area (Å²) < 4.78 is 65.2. The first-order valence-corrected chi connectivity index (χ1v) is 10.2. The lowest BCUT2D eigenvalue weighted by atomic mass is 10.2. The number of unbranched alkanes of at least 4 members (excludes halogenated alkanes) is 2. The highest BCUT2D eigenvalue weighted by atomic mass is 32.2. The number of anilines is 1. The highest BCUT2D eigenvalue weighted by molar-refractivity contribution is 7.92. The molecule has 152 valence electrons. The van der Waals surface area contributed by atoms with Crippen LogP contribution in [-0.2, 0) is 16.2 Å². The van der Waals surface area contributed by atoms with Gasteiger partial charge in [0, 0.05) is 17.8 Å². The van der Waals surface area contributed by atoms with Crippen LogP contribution in [0.25, 0.3) is 0 Å². The molecule has 1 amide bonds. The highest BCUT2D eigenvalue weighted by Gasteiger charge is 2.30. The van der Waals surface area contributed by atoms with Gasteiger partial charge >= 0.3 is 6.18 Å². The largest absolute Gasteiger partial charge is 0.416 e. The first kappa shape index (κ1) is 21.7. The van der Waals surface area contributed by atoms with Crippen molar-refractivity contribution < 1.29 is 26.4 Å². The average molecular weight is 414 g/mol. The maximum Gasteiger partial charge on any atom is 0.416 e. The quantitative estimate of drug-likeness (QED) is 0.628. The molecule has 0 aliphatic carbocycles. The zero-order valence-corrected chi connectivity index (χ0v) is 16.0. The van der Waals surface area contributed by atoms with Crippen molar-refractivity contribution in [2.45, 2.75) is 37.3 Å². The van der Waals surface area contributed by atoms with Gasteiger partial charge < -0.3 is 5.32 Å². The third-order valence-electron chi connectivity index (χ3n) is 3.93. The van der Waals surface area contributed by atoms with Gasteiger partial charge in [0.25, 0.3) is 15.9 Å². The number of sulfonamides is 1.